The van der Waals surface area contributed by atoms with Gasteiger partial charge in [-0.05, 0) is 38.0 Å². The molecule has 0 unspecified atom stereocenters. The van der Waals surface area contributed by atoms with Crippen molar-refractivity contribution in [2.75, 3.05) is 10.6 Å². The molecule has 0 saturated heterocycles. The van der Waals surface area contributed by atoms with Crippen molar-refractivity contribution < 1.29 is 13.2 Å². The third-order valence-corrected chi connectivity index (χ3v) is 5.39. The lowest BCUT2D eigenvalue weighted by molar-refractivity contribution is -0.122. The van der Waals surface area contributed by atoms with Crippen LogP contribution in [0.3, 0.4) is 0 Å². The number of anilines is 1. The van der Waals surface area contributed by atoms with E-state index >= 15 is 0 Å². The molecule has 26 heavy (non-hydrogen) atoms. The predicted octanol–water partition coefficient (Wildman–Crippen LogP) is 3.16. The van der Waals surface area contributed by atoms with E-state index in [9.17, 15) is 13.2 Å². The van der Waals surface area contributed by atoms with E-state index in [1.165, 1.54) is 4.31 Å². The highest BCUT2D eigenvalue weighted by atomic mass is 32.2. The number of sulfonamides is 1. The van der Waals surface area contributed by atoms with Crippen molar-refractivity contribution in [1.29, 1.82) is 0 Å². The molecule has 2 aromatic carbocycles. The molecule has 0 radical (unpaired) electrons. The molecule has 2 rings (SSSR count). The van der Waals surface area contributed by atoms with E-state index in [-0.39, 0.29) is 5.91 Å². The number of rotatable bonds is 7. The van der Waals surface area contributed by atoms with Crippen LogP contribution in [0.25, 0.3) is 0 Å². The second-order valence-electron chi connectivity index (χ2n) is 6.52. The Balaban J connectivity index is 2.22. The molecule has 1 N–H and O–H groups in total. The number of hydrogen-bond acceptors (Lipinski definition) is 3. The molecule has 0 heterocycles. The molecule has 0 saturated carbocycles. The number of aryl methyl sites for hydroxylation is 2. The number of amides is 1. The summed E-state index contributed by atoms with van der Waals surface area (Å²) in [6.45, 7) is 6.10. The largest absolute Gasteiger partial charge is 0.350 e. The number of nitrogens with zero attached hydrogens (tertiary/aromatic N) is 1. The first kappa shape index (κ1) is 20.0. The van der Waals surface area contributed by atoms with Gasteiger partial charge in [-0.2, -0.15) is 0 Å². The standard InChI is InChI=1S/C20H26N2O3S/c1-5-19(20(23)21-14-17-10-6-15(2)7-11-17)22(26(4,24)25)18-12-8-16(3)9-13-18/h6-13,19H,5,14H2,1-4H3,(H,21,23)/t19-/m1/s1. The van der Waals surface area contributed by atoms with Gasteiger partial charge in [-0.15, -0.1) is 0 Å². The summed E-state index contributed by atoms with van der Waals surface area (Å²) < 4.78 is 26.0. The minimum absolute atomic E-state index is 0.306. The van der Waals surface area contributed by atoms with Crippen molar-refractivity contribution in [3.63, 3.8) is 0 Å². The van der Waals surface area contributed by atoms with Crippen LogP contribution in [0, 0.1) is 13.8 Å². The maximum atomic E-state index is 12.7. The highest BCUT2D eigenvalue weighted by Gasteiger charge is 2.31. The molecule has 0 bridgehead atoms. The number of hydrogen-bond donors (Lipinski definition) is 1. The first-order valence-corrected chi connectivity index (χ1v) is 10.5. The zero-order valence-electron chi connectivity index (χ0n) is 15.7. The SMILES string of the molecule is CC[C@H](C(=O)NCc1ccc(C)cc1)N(c1ccc(C)cc1)S(C)(=O)=O. The van der Waals surface area contributed by atoms with Crippen molar-refractivity contribution in [2.24, 2.45) is 0 Å². The van der Waals surface area contributed by atoms with E-state index in [1.54, 1.807) is 12.1 Å². The summed E-state index contributed by atoms with van der Waals surface area (Å²) in [6, 6.07) is 14.2. The molecule has 0 aliphatic carbocycles. The summed E-state index contributed by atoms with van der Waals surface area (Å²) in [5.74, 6) is -0.306. The van der Waals surface area contributed by atoms with E-state index in [1.807, 2.05) is 57.2 Å². The van der Waals surface area contributed by atoms with Crippen molar-refractivity contribution in [3.05, 3.63) is 65.2 Å². The number of nitrogens with one attached hydrogen (secondary N) is 1. The van der Waals surface area contributed by atoms with Gasteiger partial charge < -0.3 is 5.32 Å². The Hall–Kier alpha value is -2.34. The minimum Gasteiger partial charge on any atom is -0.350 e. The molecular weight excluding hydrogens is 348 g/mol. The first-order valence-electron chi connectivity index (χ1n) is 8.61. The Bertz CT molecular complexity index is 844. The first-order chi connectivity index (χ1) is 12.2. The molecule has 0 aliphatic rings. The smallest absolute Gasteiger partial charge is 0.244 e. The summed E-state index contributed by atoms with van der Waals surface area (Å²) in [7, 11) is -3.60. The van der Waals surface area contributed by atoms with E-state index in [0.717, 1.165) is 22.9 Å². The summed E-state index contributed by atoms with van der Waals surface area (Å²) in [6.07, 6.45) is 1.50. The van der Waals surface area contributed by atoms with Crippen LogP contribution >= 0.6 is 0 Å². The number of carbonyl (C=O) groups excluding carboxylic acids is 1. The zero-order valence-corrected chi connectivity index (χ0v) is 16.5. The average molecular weight is 375 g/mol. The summed E-state index contributed by atoms with van der Waals surface area (Å²) in [5, 5.41) is 2.86. The van der Waals surface area contributed by atoms with Gasteiger partial charge in [0.25, 0.3) is 0 Å². The van der Waals surface area contributed by atoms with Crippen LogP contribution in [0.5, 0.6) is 0 Å². The van der Waals surface area contributed by atoms with Gasteiger partial charge in [-0.1, -0.05) is 54.4 Å². The van der Waals surface area contributed by atoms with E-state index in [4.69, 9.17) is 0 Å². The van der Waals surface area contributed by atoms with E-state index in [2.05, 4.69) is 5.32 Å². The van der Waals surface area contributed by atoms with Crippen LogP contribution < -0.4 is 9.62 Å². The molecular formula is C20H26N2O3S. The zero-order chi connectivity index (χ0) is 19.3. The molecule has 1 atom stereocenters. The van der Waals surface area contributed by atoms with Gasteiger partial charge in [0.05, 0.1) is 11.9 Å². The Morgan fingerprint density at radius 1 is 1.00 bits per heavy atom. The van der Waals surface area contributed by atoms with Gasteiger partial charge in [0, 0.05) is 6.54 Å². The van der Waals surface area contributed by atoms with Crippen LogP contribution in [-0.2, 0) is 21.4 Å². The Kier molecular flexibility index (Phi) is 6.42. The quantitative estimate of drug-likeness (QED) is 0.809. The fraction of sp³-hybridized carbons (Fsp3) is 0.350. The third-order valence-electron chi connectivity index (χ3n) is 4.21. The molecule has 0 fully saturated rings. The van der Waals surface area contributed by atoms with Crippen LogP contribution in [0.1, 0.15) is 30.0 Å². The van der Waals surface area contributed by atoms with Crippen molar-refractivity contribution >= 4 is 21.6 Å². The highest BCUT2D eigenvalue weighted by Crippen LogP contribution is 2.23. The van der Waals surface area contributed by atoms with Gasteiger partial charge in [0.1, 0.15) is 6.04 Å². The molecule has 0 aliphatic heterocycles. The number of carbonyl (C=O) groups is 1. The lowest BCUT2D eigenvalue weighted by Crippen LogP contribution is -2.49. The molecule has 0 spiro atoms. The second kappa shape index (κ2) is 8.36. The maximum absolute atomic E-state index is 12.7. The molecule has 140 valence electrons. The fourth-order valence-corrected chi connectivity index (χ4v) is 3.98. The summed E-state index contributed by atoms with van der Waals surface area (Å²) >= 11 is 0. The highest BCUT2D eigenvalue weighted by molar-refractivity contribution is 7.92. The van der Waals surface area contributed by atoms with Crippen molar-refractivity contribution in [3.8, 4) is 0 Å². The van der Waals surface area contributed by atoms with Gasteiger partial charge in [-0.25, -0.2) is 8.42 Å². The molecule has 5 nitrogen and oxygen atoms in total. The van der Waals surface area contributed by atoms with Gasteiger partial charge in [0.15, 0.2) is 0 Å². The van der Waals surface area contributed by atoms with Crippen LogP contribution in [0.15, 0.2) is 48.5 Å². The maximum Gasteiger partial charge on any atom is 0.244 e. The fourth-order valence-electron chi connectivity index (χ4n) is 2.76. The normalized spacial score (nSPS) is 12.5. The number of benzene rings is 2. The Morgan fingerprint density at radius 3 is 1.96 bits per heavy atom. The predicted molar refractivity (Wildman–Crippen MR) is 106 cm³/mol. The minimum atomic E-state index is -3.60. The van der Waals surface area contributed by atoms with Crippen molar-refractivity contribution in [2.45, 2.75) is 39.8 Å². The molecule has 0 aromatic heterocycles. The lowest BCUT2D eigenvalue weighted by atomic mass is 10.1. The van der Waals surface area contributed by atoms with Crippen molar-refractivity contribution in [1.82, 2.24) is 5.32 Å². The average Bonchev–Trinajstić information content (AvgIpc) is 2.59. The summed E-state index contributed by atoms with van der Waals surface area (Å²) in [4.78, 5) is 12.7. The molecule has 6 heteroatoms. The van der Waals surface area contributed by atoms with Crippen LogP contribution in [0.4, 0.5) is 5.69 Å². The lowest BCUT2D eigenvalue weighted by Gasteiger charge is -2.30. The monoisotopic (exact) mass is 374 g/mol. The molecule has 2 aromatic rings. The van der Waals surface area contributed by atoms with Gasteiger partial charge in [-0.3, -0.25) is 9.10 Å². The molecule has 1 amide bonds. The van der Waals surface area contributed by atoms with Crippen LogP contribution in [-0.4, -0.2) is 26.6 Å². The Morgan fingerprint density at radius 2 is 1.50 bits per heavy atom. The van der Waals surface area contributed by atoms with E-state index in [0.29, 0.717) is 18.7 Å². The second-order valence-corrected chi connectivity index (χ2v) is 8.38. The third kappa shape index (κ3) is 5.08. The van der Waals surface area contributed by atoms with Gasteiger partial charge in [0.2, 0.25) is 15.9 Å². The topological polar surface area (TPSA) is 66.5 Å². The van der Waals surface area contributed by atoms with E-state index < -0.39 is 16.1 Å². The Labute approximate surface area is 156 Å². The van der Waals surface area contributed by atoms with Crippen LogP contribution in [0.2, 0.25) is 0 Å². The summed E-state index contributed by atoms with van der Waals surface area (Å²) in [5.41, 5.74) is 3.64. The van der Waals surface area contributed by atoms with Gasteiger partial charge >= 0.3 is 0 Å².